The van der Waals surface area contributed by atoms with Gasteiger partial charge in [0, 0.05) is 6.42 Å². The Morgan fingerprint density at radius 1 is 1.40 bits per heavy atom. The van der Waals surface area contributed by atoms with Gasteiger partial charge in [0.25, 0.3) is 0 Å². The largest absolute Gasteiger partial charge is 0.484 e. The van der Waals surface area contributed by atoms with Crippen LogP contribution in [-0.2, 0) is 4.79 Å². The molecule has 0 saturated carbocycles. The van der Waals surface area contributed by atoms with E-state index in [1.165, 1.54) is 13.8 Å². The van der Waals surface area contributed by atoms with Gasteiger partial charge in [0.1, 0.15) is 17.0 Å². The molecule has 1 heterocycles. The Morgan fingerprint density at radius 2 is 2.05 bits per heavy atom. The zero-order valence-electron chi connectivity index (χ0n) is 12.6. The van der Waals surface area contributed by atoms with Gasteiger partial charge >= 0.3 is 0 Å². The second-order valence-corrected chi connectivity index (χ2v) is 6.53. The van der Waals surface area contributed by atoms with E-state index in [1.54, 1.807) is 4.90 Å². The number of halogens is 1. The van der Waals surface area contributed by atoms with Crippen molar-refractivity contribution in [1.29, 1.82) is 0 Å². The third-order valence-corrected chi connectivity index (χ3v) is 3.32. The summed E-state index contributed by atoms with van der Waals surface area (Å²) in [6.45, 7) is 7.37. The molecule has 0 atom stereocenters. The number of carbonyl (C=O) groups is 1. The van der Waals surface area contributed by atoms with Gasteiger partial charge in [0.15, 0.2) is 0 Å². The number of anilines is 1. The number of ether oxygens (including phenoxy) is 1. The van der Waals surface area contributed by atoms with Crippen LogP contribution in [0.2, 0.25) is 0 Å². The van der Waals surface area contributed by atoms with Gasteiger partial charge in [-0.3, -0.25) is 4.79 Å². The number of benzene rings is 1. The van der Waals surface area contributed by atoms with E-state index in [2.05, 4.69) is 0 Å². The molecule has 0 radical (unpaired) electrons. The van der Waals surface area contributed by atoms with Crippen LogP contribution in [0.5, 0.6) is 5.75 Å². The smallest absolute Gasteiger partial charge is 0.227 e. The molecular weight excluding hydrogens is 257 g/mol. The normalized spacial score (nSPS) is 17.4. The van der Waals surface area contributed by atoms with Crippen molar-refractivity contribution in [1.82, 2.24) is 0 Å². The van der Waals surface area contributed by atoms with Crippen molar-refractivity contribution in [2.24, 2.45) is 0 Å². The summed E-state index contributed by atoms with van der Waals surface area (Å²) in [5.41, 5.74) is -0.986. The van der Waals surface area contributed by atoms with Crippen LogP contribution >= 0.6 is 0 Å². The summed E-state index contributed by atoms with van der Waals surface area (Å²) in [4.78, 5) is 14.1. The van der Waals surface area contributed by atoms with Crippen molar-refractivity contribution in [2.75, 3.05) is 11.4 Å². The van der Waals surface area contributed by atoms with Gasteiger partial charge in [-0.05, 0) is 46.2 Å². The predicted molar refractivity (Wildman–Crippen MR) is 77.9 cm³/mol. The van der Waals surface area contributed by atoms with Crippen LogP contribution in [0.4, 0.5) is 10.1 Å². The Kier molecular flexibility index (Phi) is 3.76. The second-order valence-electron chi connectivity index (χ2n) is 6.53. The van der Waals surface area contributed by atoms with Gasteiger partial charge in [-0.25, -0.2) is 4.39 Å². The highest BCUT2D eigenvalue weighted by atomic mass is 19.1. The van der Waals surface area contributed by atoms with E-state index in [0.29, 0.717) is 12.3 Å². The van der Waals surface area contributed by atoms with Crippen LogP contribution in [0.25, 0.3) is 0 Å². The minimum absolute atomic E-state index is 0.0560. The third kappa shape index (κ3) is 3.50. The number of rotatable bonds is 3. The summed E-state index contributed by atoms with van der Waals surface area (Å²) in [5.74, 6) is 0.649. The molecule has 20 heavy (non-hydrogen) atoms. The van der Waals surface area contributed by atoms with Gasteiger partial charge in [-0.2, -0.15) is 0 Å². The van der Waals surface area contributed by atoms with Gasteiger partial charge in [-0.1, -0.05) is 12.1 Å². The molecule has 4 heteroatoms. The summed E-state index contributed by atoms with van der Waals surface area (Å²) in [7, 11) is 0. The second kappa shape index (κ2) is 5.08. The van der Waals surface area contributed by atoms with Crippen LogP contribution in [0.3, 0.4) is 0 Å². The Morgan fingerprint density at radius 3 is 2.70 bits per heavy atom. The standard InChI is InChI=1S/C16H22FNO2/c1-15(2,17)10-9-14(19)18-11-16(3,4)20-13-8-6-5-7-12(13)18/h5-8H,9-11H2,1-4H3. The number of fused-ring (bicyclic) bond motifs is 1. The van der Waals surface area contributed by atoms with Gasteiger partial charge < -0.3 is 9.64 Å². The first-order valence-corrected chi connectivity index (χ1v) is 6.95. The maximum atomic E-state index is 13.6. The van der Waals surface area contributed by atoms with Crippen LogP contribution < -0.4 is 9.64 Å². The van der Waals surface area contributed by atoms with Crippen molar-refractivity contribution in [3.05, 3.63) is 24.3 Å². The zero-order chi connectivity index (χ0) is 15.0. The van der Waals surface area contributed by atoms with Crippen molar-refractivity contribution in [3.63, 3.8) is 0 Å². The van der Waals surface area contributed by atoms with Gasteiger partial charge in [0.05, 0.1) is 12.2 Å². The van der Waals surface area contributed by atoms with Gasteiger partial charge in [0.2, 0.25) is 5.91 Å². The van der Waals surface area contributed by atoms with Crippen molar-refractivity contribution in [3.8, 4) is 5.75 Å². The minimum atomic E-state index is -1.32. The average Bonchev–Trinajstić information content (AvgIpc) is 2.33. The number of hydrogen-bond acceptors (Lipinski definition) is 2. The fraction of sp³-hybridized carbons (Fsp3) is 0.562. The number of para-hydroxylation sites is 2. The summed E-state index contributed by atoms with van der Waals surface area (Å²) < 4.78 is 19.4. The molecule has 0 aromatic heterocycles. The van der Waals surface area contributed by atoms with E-state index in [1.807, 2.05) is 38.1 Å². The first-order chi connectivity index (χ1) is 9.18. The molecule has 0 N–H and O–H groups in total. The molecule has 1 aromatic carbocycles. The van der Waals surface area contributed by atoms with Crippen LogP contribution in [0, 0.1) is 0 Å². The van der Waals surface area contributed by atoms with E-state index < -0.39 is 11.3 Å². The maximum absolute atomic E-state index is 13.6. The molecule has 0 spiro atoms. The van der Waals surface area contributed by atoms with Crippen LogP contribution in [0.15, 0.2) is 24.3 Å². The SMILES string of the molecule is CC(C)(F)CCC(=O)N1CC(C)(C)Oc2ccccc21. The molecule has 0 unspecified atom stereocenters. The van der Waals surface area contributed by atoms with Gasteiger partial charge in [-0.15, -0.1) is 0 Å². The molecule has 0 bridgehead atoms. The molecule has 110 valence electrons. The topological polar surface area (TPSA) is 29.5 Å². The summed E-state index contributed by atoms with van der Waals surface area (Å²) in [5, 5.41) is 0. The fourth-order valence-electron chi connectivity index (χ4n) is 2.32. The maximum Gasteiger partial charge on any atom is 0.227 e. The Balaban J connectivity index is 2.20. The fourth-order valence-corrected chi connectivity index (χ4v) is 2.32. The van der Waals surface area contributed by atoms with E-state index >= 15 is 0 Å². The molecule has 0 fully saturated rings. The number of nitrogens with zero attached hydrogens (tertiary/aromatic N) is 1. The number of alkyl halides is 1. The minimum Gasteiger partial charge on any atom is -0.484 e. The highest BCUT2D eigenvalue weighted by Gasteiger charge is 2.34. The molecule has 0 saturated heterocycles. The first kappa shape index (κ1) is 14.8. The van der Waals surface area contributed by atoms with E-state index in [9.17, 15) is 9.18 Å². The number of carbonyl (C=O) groups excluding carboxylic acids is 1. The summed E-state index contributed by atoms with van der Waals surface area (Å²) >= 11 is 0. The highest BCUT2D eigenvalue weighted by molar-refractivity contribution is 5.95. The van der Waals surface area contributed by atoms with E-state index in [4.69, 9.17) is 4.74 Å². The Bertz CT molecular complexity index is 505. The molecule has 1 amide bonds. The number of amides is 1. The molecule has 1 aliphatic rings. The van der Waals surface area contributed by atoms with Crippen molar-refractivity contribution >= 4 is 11.6 Å². The average molecular weight is 279 g/mol. The first-order valence-electron chi connectivity index (χ1n) is 6.95. The van der Waals surface area contributed by atoms with Crippen molar-refractivity contribution < 1.29 is 13.9 Å². The number of hydrogen-bond donors (Lipinski definition) is 0. The lowest BCUT2D eigenvalue weighted by atomic mass is 10.0. The Hall–Kier alpha value is -1.58. The molecule has 0 aliphatic carbocycles. The predicted octanol–water partition coefficient (Wildman–Crippen LogP) is 3.72. The lowest BCUT2D eigenvalue weighted by molar-refractivity contribution is -0.120. The van der Waals surface area contributed by atoms with E-state index in [0.717, 1.165) is 5.69 Å². The van der Waals surface area contributed by atoms with Crippen molar-refractivity contribution in [2.45, 2.75) is 51.8 Å². The lowest BCUT2D eigenvalue weighted by Gasteiger charge is -2.39. The molecule has 2 rings (SSSR count). The van der Waals surface area contributed by atoms with Crippen LogP contribution in [-0.4, -0.2) is 23.7 Å². The highest BCUT2D eigenvalue weighted by Crippen LogP contribution is 2.37. The quantitative estimate of drug-likeness (QED) is 0.844. The molecule has 1 aliphatic heterocycles. The third-order valence-electron chi connectivity index (χ3n) is 3.32. The molecule has 3 nitrogen and oxygen atoms in total. The lowest BCUT2D eigenvalue weighted by Crippen LogP contribution is -2.49. The Labute approximate surface area is 119 Å². The molecular formula is C16H22FNO2. The zero-order valence-corrected chi connectivity index (χ0v) is 12.6. The summed E-state index contributed by atoms with van der Waals surface area (Å²) in [6, 6.07) is 7.48. The summed E-state index contributed by atoms with van der Waals surface area (Å²) in [6.07, 6.45) is 0.430. The molecule has 1 aromatic rings. The monoisotopic (exact) mass is 279 g/mol. The van der Waals surface area contributed by atoms with E-state index in [-0.39, 0.29) is 18.7 Å². The van der Waals surface area contributed by atoms with Crippen LogP contribution in [0.1, 0.15) is 40.5 Å².